The van der Waals surface area contributed by atoms with Crippen LogP contribution in [0.3, 0.4) is 0 Å². The minimum atomic E-state index is -1.19. The predicted molar refractivity (Wildman–Crippen MR) is 111 cm³/mol. The molecule has 0 bridgehead atoms. The van der Waals surface area contributed by atoms with E-state index in [2.05, 4.69) is 10.6 Å². The number of rotatable bonds is 9. The van der Waals surface area contributed by atoms with E-state index in [1.54, 1.807) is 34.6 Å². The highest BCUT2D eigenvalue weighted by molar-refractivity contribution is 5.99. The topological polar surface area (TPSA) is 112 Å². The normalized spacial score (nSPS) is 11.8. The van der Waals surface area contributed by atoms with Crippen LogP contribution in [-0.4, -0.2) is 49.4 Å². The number of carbonyl (C=O) groups is 3. The third kappa shape index (κ3) is 7.81. The first-order chi connectivity index (χ1) is 14.0. The number of amides is 3. The maximum Gasteiger partial charge on any atom is 0.339 e. The van der Waals surface area contributed by atoms with Crippen LogP contribution in [0.4, 0.5) is 4.79 Å². The monoisotopic (exact) mass is 424 g/mol. The summed E-state index contributed by atoms with van der Waals surface area (Å²) < 4.78 is 22.0. The third-order valence-electron chi connectivity index (χ3n) is 3.52. The molecule has 0 spiro atoms. The van der Waals surface area contributed by atoms with Crippen molar-refractivity contribution in [1.82, 2.24) is 10.6 Å². The van der Waals surface area contributed by atoms with Gasteiger partial charge >= 0.3 is 12.0 Å². The molecule has 1 unspecified atom stereocenters. The molecule has 3 amide bonds. The summed E-state index contributed by atoms with van der Waals surface area (Å²) in [6.07, 6.45) is -1.19. The number of ether oxygens (including phenoxy) is 4. The average molecular weight is 424 g/mol. The maximum atomic E-state index is 12.6. The van der Waals surface area contributed by atoms with Crippen LogP contribution in [0.5, 0.6) is 17.2 Å². The molecule has 9 nitrogen and oxygen atoms in total. The van der Waals surface area contributed by atoms with Gasteiger partial charge in [0.15, 0.2) is 17.6 Å². The van der Waals surface area contributed by atoms with E-state index in [4.69, 9.17) is 18.9 Å². The Balaban J connectivity index is 2.98. The van der Waals surface area contributed by atoms with E-state index >= 15 is 0 Å². The Morgan fingerprint density at radius 1 is 0.933 bits per heavy atom. The fraction of sp³-hybridized carbons (Fsp3) is 0.571. The molecule has 1 aromatic carbocycles. The predicted octanol–water partition coefficient (Wildman–Crippen LogP) is 3.05. The molecule has 0 aliphatic rings. The molecule has 0 saturated heterocycles. The van der Waals surface area contributed by atoms with Crippen LogP contribution in [0, 0.1) is 0 Å². The highest BCUT2D eigenvalue weighted by Gasteiger charge is 2.25. The summed E-state index contributed by atoms with van der Waals surface area (Å²) in [7, 11) is 0. The number of nitrogens with one attached hydrogen (secondary N) is 2. The van der Waals surface area contributed by atoms with Crippen molar-refractivity contribution in [3.63, 3.8) is 0 Å². The van der Waals surface area contributed by atoms with Gasteiger partial charge in [0.2, 0.25) is 5.75 Å². The molecule has 2 N–H and O–H groups in total. The highest BCUT2D eigenvalue weighted by atomic mass is 16.6. The Hall–Kier alpha value is -2.97. The van der Waals surface area contributed by atoms with Gasteiger partial charge in [-0.2, -0.15) is 0 Å². The van der Waals surface area contributed by atoms with Gasteiger partial charge in [-0.15, -0.1) is 0 Å². The fourth-order valence-corrected chi connectivity index (χ4v) is 2.37. The van der Waals surface area contributed by atoms with Gasteiger partial charge in [-0.25, -0.2) is 9.59 Å². The summed E-state index contributed by atoms with van der Waals surface area (Å²) in [6, 6.07) is 2.26. The van der Waals surface area contributed by atoms with Crippen molar-refractivity contribution in [2.24, 2.45) is 0 Å². The molecule has 0 fully saturated rings. The number of hydrogen-bond acceptors (Lipinski definition) is 7. The van der Waals surface area contributed by atoms with E-state index in [-0.39, 0.29) is 5.56 Å². The summed E-state index contributed by atoms with van der Waals surface area (Å²) in [4.78, 5) is 36.6. The molecule has 0 radical (unpaired) electrons. The van der Waals surface area contributed by atoms with Crippen LogP contribution in [0.15, 0.2) is 12.1 Å². The second-order valence-corrected chi connectivity index (χ2v) is 7.34. The van der Waals surface area contributed by atoms with Crippen LogP contribution in [-0.2, 0) is 9.53 Å². The zero-order chi connectivity index (χ0) is 22.9. The van der Waals surface area contributed by atoms with Crippen molar-refractivity contribution < 1.29 is 33.3 Å². The van der Waals surface area contributed by atoms with E-state index < -0.39 is 29.6 Å². The van der Waals surface area contributed by atoms with Gasteiger partial charge in [0.05, 0.1) is 25.4 Å². The second kappa shape index (κ2) is 11.3. The zero-order valence-electron chi connectivity index (χ0n) is 18.7. The molecule has 30 heavy (non-hydrogen) atoms. The molecule has 1 atom stereocenters. The van der Waals surface area contributed by atoms with E-state index in [1.165, 1.54) is 19.1 Å². The zero-order valence-corrected chi connectivity index (χ0v) is 18.7. The van der Waals surface area contributed by atoms with Crippen LogP contribution >= 0.6 is 0 Å². The number of benzene rings is 1. The fourth-order valence-electron chi connectivity index (χ4n) is 2.37. The SMILES string of the molecule is CCOc1cc(C(=O)OC(C)C(=O)NC(=O)NC(C)(C)C)cc(OCC)c1OCC. The summed E-state index contributed by atoms with van der Waals surface area (Å²) in [5.74, 6) is -0.454. The number of carbonyl (C=O) groups excluding carboxylic acids is 3. The lowest BCUT2D eigenvalue weighted by Gasteiger charge is -2.21. The molecule has 0 aliphatic heterocycles. The first kappa shape index (κ1) is 25.1. The van der Waals surface area contributed by atoms with E-state index in [0.29, 0.717) is 37.1 Å². The number of urea groups is 1. The second-order valence-electron chi connectivity index (χ2n) is 7.34. The van der Waals surface area contributed by atoms with Crippen molar-refractivity contribution in [2.45, 2.75) is 60.1 Å². The van der Waals surface area contributed by atoms with Crippen molar-refractivity contribution in [2.75, 3.05) is 19.8 Å². The quantitative estimate of drug-likeness (QED) is 0.586. The molecular weight excluding hydrogens is 392 g/mol. The minimum Gasteiger partial charge on any atom is -0.490 e. The standard InChI is InChI=1S/C21H32N2O7/c1-8-27-15-11-14(12-16(28-9-2)17(15)29-10-3)19(25)30-13(4)18(24)22-20(26)23-21(5,6)7/h11-13H,8-10H2,1-7H3,(H2,22,23,24,26). The average Bonchev–Trinajstić information content (AvgIpc) is 2.62. The molecule has 9 heteroatoms. The van der Waals surface area contributed by atoms with Crippen LogP contribution in [0.1, 0.15) is 58.8 Å². The molecule has 0 aromatic heterocycles. The molecule has 0 saturated carbocycles. The van der Waals surface area contributed by atoms with E-state index in [9.17, 15) is 14.4 Å². The maximum absolute atomic E-state index is 12.6. The molecule has 0 aliphatic carbocycles. The molecule has 0 heterocycles. The first-order valence-corrected chi connectivity index (χ1v) is 9.92. The molecule has 168 valence electrons. The Morgan fingerprint density at radius 3 is 1.87 bits per heavy atom. The van der Waals surface area contributed by atoms with Gasteiger partial charge in [0.1, 0.15) is 0 Å². The van der Waals surface area contributed by atoms with Crippen molar-refractivity contribution >= 4 is 17.9 Å². The van der Waals surface area contributed by atoms with Crippen molar-refractivity contribution in [3.8, 4) is 17.2 Å². The first-order valence-electron chi connectivity index (χ1n) is 9.92. The number of esters is 1. The Labute approximate surface area is 177 Å². The lowest BCUT2D eigenvalue weighted by atomic mass is 10.1. The van der Waals surface area contributed by atoms with Gasteiger partial charge in [-0.3, -0.25) is 10.1 Å². The Morgan fingerprint density at radius 2 is 1.43 bits per heavy atom. The molecular formula is C21H32N2O7. The van der Waals surface area contributed by atoms with Gasteiger partial charge in [-0.05, 0) is 60.6 Å². The van der Waals surface area contributed by atoms with Gasteiger partial charge in [0.25, 0.3) is 5.91 Å². The smallest absolute Gasteiger partial charge is 0.339 e. The van der Waals surface area contributed by atoms with Gasteiger partial charge in [0, 0.05) is 5.54 Å². The lowest BCUT2D eigenvalue weighted by Crippen LogP contribution is -2.50. The number of imide groups is 1. The van der Waals surface area contributed by atoms with Gasteiger partial charge in [-0.1, -0.05) is 0 Å². The van der Waals surface area contributed by atoms with Crippen LogP contribution in [0.25, 0.3) is 0 Å². The summed E-state index contributed by atoms with van der Waals surface area (Å²) in [5, 5.41) is 4.74. The van der Waals surface area contributed by atoms with Crippen LogP contribution in [0.2, 0.25) is 0 Å². The van der Waals surface area contributed by atoms with Crippen LogP contribution < -0.4 is 24.8 Å². The summed E-state index contributed by atoms with van der Waals surface area (Å²) in [6.45, 7) is 13.2. The van der Waals surface area contributed by atoms with E-state index in [1.807, 2.05) is 6.92 Å². The largest absolute Gasteiger partial charge is 0.490 e. The minimum absolute atomic E-state index is 0.129. The molecule has 1 rings (SSSR count). The Kier molecular flexibility index (Phi) is 9.42. The summed E-state index contributed by atoms with van der Waals surface area (Å²) >= 11 is 0. The van der Waals surface area contributed by atoms with E-state index in [0.717, 1.165) is 0 Å². The summed E-state index contributed by atoms with van der Waals surface area (Å²) in [5.41, 5.74) is -0.387. The number of hydrogen-bond donors (Lipinski definition) is 2. The van der Waals surface area contributed by atoms with Crippen molar-refractivity contribution in [1.29, 1.82) is 0 Å². The van der Waals surface area contributed by atoms with Gasteiger partial charge < -0.3 is 24.3 Å². The Bertz CT molecular complexity index is 729. The highest BCUT2D eigenvalue weighted by Crippen LogP contribution is 2.39. The van der Waals surface area contributed by atoms with Crippen molar-refractivity contribution in [3.05, 3.63) is 17.7 Å². The molecule has 1 aromatic rings. The lowest BCUT2D eigenvalue weighted by molar-refractivity contribution is -0.127. The third-order valence-corrected chi connectivity index (χ3v) is 3.52.